The average Bonchev–Trinajstić information content (AvgIpc) is 3.29. The van der Waals surface area contributed by atoms with Crippen molar-refractivity contribution in [2.24, 2.45) is 0 Å². The summed E-state index contributed by atoms with van der Waals surface area (Å²) in [5.41, 5.74) is 0. The smallest absolute Gasteiger partial charge is 0.339 e. The SMILES string of the molecule is O=C1C=CC(=O)OC2(CN(c3cc(-c4cccs4)on3)C3CCN2CC3)O1. The lowest BCUT2D eigenvalue weighted by atomic mass is 10.1. The second-order valence-electron chi connectivity index (χ2n) is 6.76. The van der Waals surface area contributed by atoms with E-state index in [-0.39, 0.29) is 12.6 Å². The van der Waals surface area contributed by atoms with Crippen LogP contribution >= 0.6 is 11.3 Å². The zero-order valence-electron chi connectivity index (χ0n) is 14.4. The van der Waals surface area contributed by atoms with Gasteiger partial charge < -0.3 is 18.9 Å². The molecule has 2 aromatic heterocycles. The third-order valence-corrected chi connectivity index (χ3v) is 6.07. The number of anilines is 1. The highest BCUT2D eigenvalue weighted by Gasteiger charge is 2.53. The number of nitrogens with zero attached hydrogens (tertiary/aromatic N) is 3. The number of carbonyl (C=O) groups is 2. The maximum absolute atomic E-state index is 12.1. The molecule has 0 amide bonds. The fraction of sp³-hybridized carbons (Fsp3) is 0.389. The van der Waals surface area contributed by atoms with Gasteiger partial charge in [0.05, 0.1) is 4.88 Å². The van der Waals surface area contributed by atoms with Gasteiger partial charge >= 0.3 is 17.8 Å². The first-order valence-electron chi connectivity index (χ1n) is 8.79. The number of ether oxygens (including phenoxy) is 2. The quantitative estimate of drug-likeness (QED) is 0.724. The summed E-state index contributed by atoms with van der Waals surface area (Å²) in [6.07, 6.45) is 3.91. The van der Waals surface area contributed by atoms with Crippen LogP contribution < -0.4 is 4.90 Å². The van der Waals surface area contributed by atoms with Crippen molar-refractivity contribution in [2.45, 2.75) is 24.8 Å². The van der Waals surface area contributed by atoms with Crippen LogP contribution in [0.5, 0.6) is 0 Å². The molecule has 0 radical (unpaired) electrons. The predicted octanol–water partition coefficient (Wildman–Crippen LogP) is 2.00. The van der Waals surface area contributed by atoms with E-state index in [1.54, 1.807) is 11.3 Å². The molecular weight excluding hydrogens is 370 g/mol. The predicted molar refractivity (Wildman–Crippen MR) is 95.8 cm³/mol. The van der Waals surface area contributed by atoms with Gasteiger partial charge in [-0.15, -0.1) is 11.3 Å². The summed E-state index contributed by atoms with van der Waals surface area (Å²) >= 11 is 1.57. The standard InChI is InChI=1S/C18H17N3O5S/c22-16-3-4-17(23)25-18(24-16)11-21(12-5-7-20(18)8-6-12)15-10-13(26-19-15)14-2-1-9-27-14/h1-4,9-10,12H,5-8,11H2. The number of aromatic nitrogens is 1. The van der Waals surface area contributed by atoms with Gasteiger partial charge in [-0.1, -0.05) is 11.2 Å². The van der Waals surface area contributed by atoms with Crippen molar-refractivity contribution >= 4 is 29.1 Å². The summed E-state index contributed by atoms with van der Waals surface area (Å²) in [7, 11) is 0. The first-order valence-corrected chi connectivity index (χ1v) is 9.67. The highest BCUT2D eigenvalue weighted by Crippen LogP contribution is 2.37. The van der Waals surface area contributed by atoms with Crippen molar-refractivity contribution in [1.82, 2.24) is 10.1 Å². The van der Waals surface area contributed by atoms with Gasteiger partial charge in [-0.3, -0.25) is 0 Å². The van der Waals surface area contributed by atoms with E-state index in [4.69, 9.17) is 14.0 Å². The van der Waals surface area contributed by atoms with Gasteiger partial charge in [0.2, 0.25) is 0 Å². The third kappa shape index (κ3) is 2.83. The Bertz CT molecular complexity index is 878. The summed E-state index contributed by atoms with van der Waals surface area (Å²) in [4.78, 5) is 29.1. The van der Waals surface area contributed by atoms with Gasteiger partial charge in [0.1, 0.15) is 6.54 Å². The van der Waals surface area contributed by atoms with Crippen LogP contribution in [0.15, 0.2) is 40.3 Å². The van der Waals surface area contributed by atoms with Crippen LogP contribution in [-0.2, 0) is 19.1 Å². The lowest BCUT2D eigenvalue weighted by Crippen LogP contribution is -2.58. The van der Waals surface area contributed by atoms with Crippen molar-refractivity contribution in [3.8, 4) is 10.6 Å². The molecule has 0 saturated carbocycles. The Kier molecular flexibility index (Phi) is 3.80. The molecular formula is C18H17N3O5S. The molecule has 140 valence electrons. The monoisotopic (exact) mass is 387 g/mol. The van der Waals surface area contributed by atoms with Crippen LogP contribution in [0.1, 0.15) is 12.8 Å². The Morgan fingerprint density at radius 3 is 2.56 bits per heavy atom. The Balaban J connectivity index is 1.51. The largest absolute Gasteiger partial charge is 0.403 e. The number of thiophene rings is 1. The second kappa shape index (κ2) is 6.21. The molecule has 0 atom stereocenters. The van der Waals surface area contributed by atoms with Gasteiger partial charge in [-0.25, -0.2) is 14.5 Å². The lowest BCUT2D eigenvalue weighted by Gasteiger charge is -2.39. The van der Waals surface area contributed by atoms with Crippen molar-refractivity contribution in [3.63, 3.8) is 0 Å². The molecule has 27 heavy (non-hydrogen) atoms. The highest BCUT2D eigenvalue weighted by atomic mass is 32.1. The van der Waals surface area contributed by atoms with Crippen molar-refractivity contribution < 1.29 is 23.6 Å². The highest BCUT2D eigenvalue weighted by molar-refractivity contribution is 7.13. The van der Waals surface area contributed by atoms with Crippen molar-refractivity contribution in [2.75, 3.05) is 24.5 Å². The average molecular weight is 387 g/mol. The maximum atomic E-state index is 12.1. The van der Waals surface area contributed by atoms with Crippen LogP contribution in [0.25, 0.3) is 10.6 Å². The van der Waals surface area contributed by atoms with E-state index in [2.05, 4.69) is 5.16 Å². The van der Waals surface area contributed by atoms with E-state index in [1.807, 2.05) is 33.4 Å². The van der Waals surface area contributed by atoms with Crippen LogP contribution in [0.2, 0.25) is 0 Å². The number of hydrogen-bond acceptors (Lipinski definition) is 9. The molecule has 6 rings (SSSR count). The molecule has 2 bridgehead atoms. The molecule has 9 heteroatoms. The molecule has 4 aliphatic rings. The molecule has 3 fully saturated rings. The number of esters is 2. The van der Waals surface area contributed by atoms with Gasteiger partial charge in [0.25, 0.3) is 0 Å². The number of hydrogen-bond donors (Lipinski definition) is 0. The first kappa shape index (κ1) is 16.5. The summed E-state index contributed by atoms with van der Waals surface area (Å²) < 4.78 is 16.8. The Hall–Kier alpha value is -2.65. The van der Waals surface area contributed by atoms with Gasteiger partial charge in [0.15, 0.2) is 11.6 Å². The first-order chi connectivity index (χ1) is 13.1. The summed E-state index contributed by atoms with van der Waals surface area (Å²) in [6, 6.07) is 6.01. The maximum Gasteiger partial charge on any atom is 0.339 e. The molecule has 0 unspecified atom stereocenters. The third-order valence-electron chi connectivity index (χ3n) is 5.19. The van der Waals surface area contributed by atoms with E-state index in [9.17, 15) is 9.59 Å². The minimum atomic E-state index is -1.45. The molecule has 0 N–H and O–H groups in total. The topological polar surface area (TPSA) is 85.1 Å². The van der Waals surface area contributed by atoms with Crippen LogP contribution in [-0.4, -0.2) is 53.6 Å². The van der Waals surface area contributed by atoms with E-state index < -0.39 is 17.8 Å². The molecule has 8 nitrogen and oxygen atoms in total. The lowest BCUT2D eigenvalue weighted by molar-refractivity contribution is -0.274. The van der Waals surface area contributed by atoms with Crippen molar-refractivity contribution in [3.05, 3.63) is 35.7 Å². The molecule has 0 aliphatic carbocycles. The van der Waals surface area contributed by atoms with Crippen LogP contribution in [0, 0.1) is 0 Å². The number of rotatable bonds is 2. The summed E-state index contributed by atoms with van der Waals surface area (Å²) in [5, 5.41) is 6.21. The van der Waals surface area contributed by atoms with E-state index in [0.29, 0.717) is 24.7 Å². The Morgan fingerprint density at radius 2 is 1.89 bits per heavy atom. The minimum absolute atomic E-state index is 0.188. The molecule has 0 aromatic carbocycles. The number of carbonyl (C=O) groups excluding carboxylic acids is 2. The van der Waals surface area contributed by atoms with Gasteiger partial charge in [-0.2, -0.15) is 0 Å². The zero-order valence-corrected chi connectivity index (χ0v) is 15.2. The van der Waals surface area contributed by atoms with Gasteiger partial charge in [-0.05, 0) is 24.3 Å². The van der Waals surface area contributed by atoms with Gasteiger partial charge in [0, 0.05) is 37.3 Å². The summed E-state index contributed by atoms with van der Waals surface area (Å²) in [5.74, 6) is -1.30. The Morgan fingerprint density at radius 1 is 1.15 bits per heavy atom. The minimum Gasteiger partial charge on any atom is -0.403 e. The molecule has 2 aromatic rings. The molecule has 3 saturated heterocycles. The van der Waals surface area contributed by atoms with E-state index >= 15 is 0 Å². The number of piperidine rings is 1. The second-order valence-corrected chi connectivity index (χ2v) is 7.71. The summed E-state index contributed by atoms with van der Waals surface area (Å²) in [6.45, 7) is 1.52. The van der Waals surface area contributed by atoms with Crippen LogP contribution in [0.4, 0.5) is 5.82 Å². The Labute approximate surface area is 158 Å². The normalized spacial score (nSPS) is 26.6. The van der Waals surface area contributed by atoms with E-state index in [1.165, 1.54) is 0 Å². The zero-order chi connectivity index (χ0) is 18.4. The molecule has 1 spiro atoms. The fourth-order valence-corrected chi connectivity index (χ4v) is 4.57. The van der Waals surface area contributed by atoms with Crippen molar-refractivity contribution in [1.29, 1.82) is 0 Å². The fourth-order valence-electron chi connectivity index (χ4n) is 3.90. The van der Waals surface area contributed by atoms with Crippen LogP contribution in [0.3, 0.4) is 0 Å². The molecule has 6 heterocycles. The van der Waals surface area contributed by atoms with E-state index in [0.717, 1.165) is 29.9 Å². The molecule has 4 aliphatic heterocycles. The number of fused-ring (bicyclic) bond motifs is 3.